The molecule has 2 aliphatic heterocycles. The predicted molar refractivity (Wildman–Crippen MR) is 118 cm³/mol. The van der Waals surface area contributed by atoms with Crippen LogP contribution in [0.25, 0.3) is 0 Å². The van der Waals surface area contributed by atoms with Crippen molar-refractivity contribution in [1.82, 2.24) is 10.2 Å². The Morgan fingerprint density at radius 1 is 1.03 bits per heavy atom. The Morgan fingerprint density at radius 3 is 2.55 bits per heavy atom. The first-order valence-corrected chi connectivity index (χ1v) is 11.5. The summed E-state index contributed by atoms with van der Waals surface area (Å²) >= 11 is 1.54. The van der Waals surface area contributed by atoms with Gasteiger partial charge in [-0.1, -0.05) is 42.4 Å². The van der Waals surface area contributed by atoms with Crippen molar-refractivity contribution in [2.75, 3.05) is 26.2 Å². The van der Waals surface area contributed by atoms with Gasteiger partial charge in [-0.15, -0.1) is 0 Å². The summed E-state index contributed by atoms with van der Waals surface area (Å²) in [7, 11) is 0. The zero-order valence-electron chi connectivity index (χ0n) is 16.8. The molecule has 6 heteroatoms. The smallest absolute Gasteiger partial charge is 0.283 e. The maximum Gasteiger partial charge on any atom is 0.283 e. The molecule has 2 heterocycles. The first kappa shape index (κ1) is 20.4. The number of hydrogen-bond donors (Lipinski definition) is 1. The van der Waals surface area contributed by atoms with E-state index in [-0.39, 0.29) is 10.6 Å². The van der Waals surface area contributed by atoms with Gasteiger partial charge in [-0.05, 0) is 81.0 Å². The summed E-state index contributed by atoms with van der Waals surface area (Å²) in [6, 6.07) is 14.2. The van der Waals surface area contributed by atoms with E-state index in [1.807, 2.05) is 12.1 Å². The van der Waals surface area contributed by atoms with E-state index < -0.39 is 0 Å². The van der Waals surface area contributed by atoms with Crippen LogP contribution in [0, 0.1) is 10.1 Å². The highest BCUT2D eigenvalue weighted by molar-refractivity contribution is 7.99. The van der Waals surface area contributed by atoms with E-state index in [9.17, 15) is 10.1 Å². The number of nitro groups is 1. The van der Waals surface area contributed by atoms with Gasteiger partial charge in [0.05, 0.1) is 9.82 Å². The van der Waals surface area contributed by atoms with E-state index in [4.69, 9.17) is 0 Å². The SMILES string of the molecule is O=[N+]([O-])c1cc(CN2CCCCC2)ccc1Sc1ccccc1C1CCNCC1. The van der Waals surface area contributed by atoms with E-state index in [0.717, 1.165) is 60.9 Å². The molecule has 0 radical (unpaired) electrons. The molecule has 0 unspecified atom stereocenters. The van der Waals surface area contributed by atoms with Gasteiger partial charge >= 0.3 is 0 Å². The second kappa shape index (κ2) is 9.74. The monoisotopic (exact) mass is 411 g/mol. The molecule has 0 spiro atoms. The summed E-state index contributed by atoms with van der Waals surface area (Å²) in [5.74, 6) is 0.525. The van der Waals surface area contributed by atoms with Crippen LogP contribution >= 0.6 is 11.8 Å². The van der Waals surface area contributed by atoms with E-state index in [0.29, 0.717) is 5.92 Å². The molecule has 0 amide bonds. The third kappa shape index (κ3) is 5.18. The summed E-state index contributed by atoms with van der Waals surface area (Å²) in [4.78, 5) is 15.9. The fourth-order valence-corrected chi connectivity index (χ4v) is 5.54. The average Bonchev–Trinajstić information content (AvgIpc) is 2.76. The van der Waals surface area contributed by atoms with Crippen LogP contribution < -0.4 is 5.32 Å². The Hall–Kier alpha value is -1.89. The van der Waals surface area contributed by atoms with E-state index in [2.05, 4.69) is 34.5 Å². The zero-order valence-corrected chi connectivity index (χ0v) is 17.6. The Kier molecular flexibility index (Phi) is 6.85. The largest absolute Gasteiger partial charge is 0.317 e. The molecule has 0 bridgehead atoms. The molecule has 154 valence electrons. The summed E-state index contributed by atoms with van der Waals surface area (Å²) in [5.41, 5.74) is 2.59. The van der Waals surface area contributed by atoms with Crippen LogP contribution in [0.3, 0.4) is 0 Å². The molecule has 2 aromatic carbocycles. The molecule has 4 rings (SSSR count). The number of hydrogen-bond acceptors (Lipinski definition) is 5. The molecular formula is C23H29N3O2S. The van der Waals surface area contributed by atoms with Crippen LogP contribution in [0.4, 0.5) is 5.69 Å². The lowest BCUT2D eigenvalue weighted by Gasteiger charge is -2.26. The van der Waals surface area contributed by atoms with Gasteiger partial charge in [0.2, 0.25) is 0 Å². The first-order valence-electron chi connectivity index (χ1n) is 10.7. The average molecular weight is 412 g/mol. The van der Waals surface area contributed by atoms with Crippen LogP contribution in [0.5, 0.6) is 0 Å². The van der Waals surface area contributed by atoms with Gasteiger partial charge < -0.3 is 5.32 Å². The number of nitrogens with one attached hydrogen (secondary N) is 1. The van der Waals surface area contributed by atoms with Gasteiger partial charge in [-0.25, -0.2) is 0 Å². The third-order valence-corrected chi connectivity index (χ3v) is 7.15. The van der Waals surface area contributed by atoms with E-state index in [1.165, 1.54) is 24.8 Å². The second-order valence-electron chi connectivity index (χ2n) is 8.06. The molecule has 1 N–H and O–H groups in total. The van der Waals surface area contributed by atoms with Crippen molar-refractivity contribution in [3.8, 4) is 0 Å². The second-order valence-corrected chi connectivity index (χ2v) is 9.14. The minimum absolute atomic E-state index is 0.227. The lowest BCUT2D eigenvalue weighted by Crippen LogP contribution is -2.29. The number of likely N-dealkylation sites (tertiary alicyclic amines) is 1. The van der Waals surface area contributed by atoms with Gasteiger partial charge in [0.15, 0.2) is 0 Å². The molecule has 0 aliphatic carbocycles. The highest BCUT2D eigenvalue weighted by Crippen LogP contribution is 2.40. The zero-order chi connectivity index (χ0) is 20.1. The van der Waals surface area contributed by atoms with Gasteiger partial charge in [0, 0.05) is 17.5 Å². The molecule has 2 saturated heterocycles. The maximum atomic E-state index is 11.8. The molecule has 5 nitrogen and oxygen atoms in total. The number of nitrogens with zero attached hydrogens (tertiary/aromatic N) is 2. The van der Waals surface area contributed by atoms with Crippen LogP contribution in [-0.2, 0) is 6.54 Å². The molecule has 2 aliphatic rings. The van der Waals surface area contributed by atoms with Crippen LogP contribution in [0.15, 0.2) is 52.3 Å². The van der Waals surface area contributed by atoms with Crippen molar-refractivity contribution >= 4 is 17.4 Å². The summed E-state index contributed by atoms with van der Waals surface area (Å²) < 4.78 is 0. The minimum atomic E-state index is -0.227. The summed E-state index contributed by atoms with van der Waals surface area (Å²) in [5, 5.41) is 15.2. The number of benzene rings is 2. The Morgan fingerprint density at radius 2 is 1.79 bits per heavy atom. The van der Waals surface area contributed by atoms with Gasteiger partial charge in [0.25, 0.3) is 5.69 Å². The van der Waals surface area contributed by atoms with Crippen LogP contribution in [0.1, 0.15) is 49.1 Å². The van der Waals surface area contributed by atoms with E-state index in [1.54, 1.807) is 17.8 Å². The Labute approximate surface area is 177 Å². The standard InChI is InChI=1S/C23H29N3O2S/c27-26(28)21-16-18(17-25-14-4-1-5-15-25)8-9-23(21)29-22-7-3-2-6-20(22)19-10-12-24-13-11-19/h2-3,6-9,16,19,24H,1,4-5,10-15,17H2. The van der Waals surface area contributed by atoms with Crippen molar-refractivity contribution < 1.29 is 4.92 Å². The third-order valence-electron chi connectivity index (χ3n) is 5.99. The van der Waals surface area contributed by atoms with Gasteiger partial charge in [0.1, 0.15) is 0 Å². The molecule has 2 aromatic rings. The van der Waals surface area contributed by atoms with Crippen molar-refractivity contribution in [2.45, 2.75) is 54.4 Å². The molecule has 29 heavy (non-hydrogen) atoms. The lowest BCUT2D eigenvalue weighted by atomic mass is 9.90. The predicted octanol–water partition coefficient (Wildman–Crippen LogP) is 5.20. The summed E-state index contributed by atoms with van der Waals surface area (Å²) in [6.45, 7) is 5.06. The molecule has 0 atom stereocenters. The fraction of sp³-hybridized carbons (Fsp3) is 0.478. The van der Waals surface area contributed by atoms with Crippen LogP contribution in [0.2, 0.25) is 0 Å². The van der Waals surface area contributed by atoms with Crippen molar-refractivity contribution in [3.05, 3.63) is 63.7 Å². The lowest BCUT2D eigenvalue weighted by molar-refractivity contribution is -0.387. The maximum absolute atomic E-state index is 11.8. The number of nitro benzene ring substituents is 1. The molecular weight excluding hydrogens is 382 g/mol. The molecule has 0 aromatic heterocycles. The Bertz CT molecular complexity index is 846. The Balaban J connectivity index is 1.56. The van der Waals surface area contributed by atoms with Gasteiger partial charge in [-0.3, -0.25) is 15.0 Å². The molecule has 0 saturated carbocycles. The first-order chi connectivity index (χ1) is 14.2. The summed E-state index contributed by atoms with van der Waals surface area (Å²) in [6.07, 6.45) is 5.98. The number of rotatable bonds is 6. The van der Waals surface area contributed by atoms with Crippen molar-refractivity contribution in [2.24, 2.45) is 0 Å². The quantitative estimate of drug-likeness (QED) is 0.523. The fourth-order valence-electron chi connectivity index (χ4n) is 4.43. The van der Waals surface area contributed by atoms with Crippen LogP contribution in [-0.4, -0.2) is 36.0 Å². The van der Waals surface area contributed by atoms with Gasteiger partial charge in [-0.2, -0.15) is 0 Å². The highest BCUT2D eigenvalue weighted by atomic mass is 32.2. The molecule has 2 fully saturated rings. The normalized spacial score (nSPS) is 18.6. The minimum Gasteiger partial charge on any atom is -0.317 e. The highest BCUT2D eigenvalue weighted by Gasteiger charge is 2.22. The van der Waals surface area contributed by atoms with E-state index >= 15 is 0 Å². The number of piperidine rings is 2. The van der Waals surface area contributed by atoms with Crippen molar-refractivity contribution in [3.63, 3.8) is 0 Å². The topological polar surface area (TPSA) is 58.4 Å². The van der Waals surface area contributed by atoms with Crippen molar-refractivity contribution in [1.29, 1.82) is 0 Å².